The van der Waals surface area contributed by atoms with Crippen molar-refractivity contribution in [2.75, 3.05) is 6.54 Å². The summed E-state index contributed by atoms with van der Waals surface area (Å²) < 4.78 is 23.7. The summed E-state index contributed by atoms with van der Waals surface area (Å²) in [6.07, 6.45) is 2.71. The van der Waals surface area contributed by atoms with Crippen molar-refractivity contribution in [1.82, 2.24) is 9.88 Å². The van der Waals surface area contributed by atoms with Crippen LogP contribution in [0.1, 0.15) is 23.3 Å². The Hall–Kier alpha value is -1.38. The summed E-state index contributed by atoms with van der Waals surface area (Å²) in [7, 11) is -2.27. The number of primary sulfonamides is 1. The quantitative estimate of drug-likeness (QED) is 0.656. The van der Waals surface area contributed by atoms with Gasteiger partial charge in [0.15, 0.2) is 0 Å². The van der Waals surface area contributed by atoms with Crippen LogP contribution < -0.4 is 10.5 Å². The van der Waals surface area contributed by atoms with Crippen LogP contribution in [0.4, 0.5) is 0 Å². The molecule has 1 heterocycles. The van der Waals surface area contributed by atoms with Gasteiger partial charge in [-0.3, -0.25) is 4.79 Å². The zero-order chi connectivity index (χ0) is 14.2. The normalized spacial score (nSPS) is 17.2. The zero-order valence-corrected chi connectivity index (χ0v) is 11.4. The lowest BCUT2D eigenvalue weighted by Gasteiger charge is -2.10. The van der Waals surface area contributed by atoms with Crippen LogP contribution in [-0.2, 0) is 17.1 Å². The van der Waals surface area contributed by atoms with Gasteiger partial charge in [-0.15, -0.1) is 0 Å². The molecule has 1 aliphatic carbocycles. The Kier molecular flexibility index (Phi) is 3.66. The number of carbonyl (C=O) groups is 1. The van der Waals surface area contributed by atoms with Gasteiger partial charge in [-0.25, -0.2) is 13.6 Å². The highest BCUT2D eigenvalue weighted by Gasteiger charge is 2.30. The molecule has 2 rings (SSSR count). The molecule has 0 aromatic carbocycles. The number of aliphatic hydroxyl groups excluding tert-OH is 1. The van der Waals surface area contributed by atoms with Crippen molar-refractivity contribution >= 4 is 15.9 Å². The SMILES string of the molecule is Cn1cc(S(N)(=O)=O)cc1C(=O)NCC(O)C1CC1. The van der Waals surface area contributed by atoms with Gasteiger partial charge in [-0.2, -0.15) is 0 Å². The second kappa shape index (κ2) is 4.95. The van der Waals surface area contributed by atoms with Crippen LogP contribution in [-0.4, -0.2) is 36.6 Å². The summed E-state index contributed by atoms with van der Waals surface area (Å²) in [6.45, 7) is 0.166. The minimum atomic E-state index is -3.82. The Morgan fingerprint density at radius 2 is 2.26 bits per heavy atom. The van der Waals surface area contributed by atoms with Crippen LogP contribution in [0.25, 0.3) is 0 Å². The van der Waals surface area contributed by atoms with Crippen LogP contribution in [0.3, 0.4) is 0 Å². The molecule has 0 saturated heterocycles. The number of nitrogens with one attached hydrogen (secondary N) is 1. The largest absolute Gasteiger partial charge is 0.391 e. The molecule has 1 saturated carbocycles. The van der Waals surface area contributed by atoms with Gasteiger partial charge >= 0.3 is 0 Å². The number of nitrogens with two attached hydrogens (primary N) is 1. The van der Waals surface area contributed by atoms with Crippen molar-refractivity contribution in [2.45, 2.75) is 23.8 Å². The van der Waals surface area contributed by atoms with Crippen molar-refractivity contribution in [3.8, 4) is 0 Å². The van der Waals surface area contributed by atoms with Gasteiger partial charge in [0, 0.05) is 19.8 Å². The van der Waals surface area contributed by atoms with E-state index in [1.807, 2.05) is 0 Å². The van der Waals surface area contributed by atoms with E-state index in [0.717, 1.165) is 12.8 Å². The summed E-state index contributed by atoms with van der Waals surface area (Å²) in [5.74, 6) is -0.161. The number of carbonyl (C=O) groups excluding carboxylic acids is 1. The summed E-state index contributed by atoms with van der Waals surface area (Å²) >= 11 is 0. The maximum absolute atomic E-state index is 11.9. The molecule has 19 heavy (non-hydrogen) atoms. The average Bonchev–Trinajstić information content (AvgIpc) is 3.07. The third-order valence-corrected chi connectivity index (χ3v) is 4.06. The summed E-state index contributed by atoms with van der Waals surface area (Å²) in [6, 6.07) is 1.22. The van der Waals surface area contributed by atoms with Gasteiger partial charge in [0.2, 0.25) is 10.0 Å². The van der Waals surface area contributed by atoms with E-state index in [-0.39, 0.29) is 23.1 Å². The minimum Gasteiger partial charge on any atom is -0.391 e. The molecule has 7 nitrogen and oxygen atoms in total. The van der Waals surface area contributed by atoms with Gasteiger partial charge in [0.05, 0.1) is 6.10 Å². The smallest absolute Gasteiger partial charge is 0.268 e. The first-order valence-corrected chi connectivity index (χ1v) is 7.49. The predicted octanol–water partition coefficient (Wildman–Crippen LogP) is -0.827. The Bertz CT molecular complexity index is 589. The number of aliphatic hydroxyl groups is 1. The molecule has 8 heteroatoms. The number of rotatable bonds is 5. The molecular weight excluding hydrogens is 270 g/mol. The molecule has 1 aromatic rings. The Morgan fingerprint density at radius 3 is 2.74 bits per heavy atom. The number of amides is 1. The van der Waals surface area contributed by atoms with Crippen molar-refractivity contribution in [2.24, 2.45) is 18.1 Å². The molecule has 0 radical (unpaired) electrons. The van der Waals surface area contributed by atoms with Crippen LogP contribution >= 0.6 is 0 Å². The highest BCUT2D eigenvalue weighted by Crippen LogP contribution is 2.32. The van der Waals surface area contributed by atoms with Crippen molar-refractivity contribution in [1.29, 1.82) is 0 Å². The first-order chi connectivity index (χ1) is 8.79. The molecule has 4 N–H and O–H groups in total. The highest BCUT2D eigenvalue weighted by atomic mass is 32.2. The summed E-state index contributed by atoms with van der Waals surface area (Å²) in [5.41, 5.74) is 0.187. The lowest BCUT2D eigenvalue weighted by atomic mass is 10.2. The summed E-state index contributed by atoms with van der Waals surface area (Å²) in [4.78, 5) is 11.8. The van der Waals surface area contributed by atoms with E-state index >= 15 is 0 Å². The number of nitrogens with zero attached hydrogens (tertiary/aromatic N) is 1. The second-order valence-electron chi connectivity index (χ2n) is 4.83. The van der Waals surface area contributed by atoms with Crippen molar-refractivity contribution in [3.63, 3.8) is 0 Å². The first kappa shape index (κ1) is 14.0. The Labute approximate surface area is 111 Å². The lowest BCUT2D eigenvalue weighted by Crippen LogP contribution is -2.34. The van der Waals surface area contributed by atoms with Gasteiger partial charge in [0.25, 0.3) is 5.91 Å². The van der Waals surface area contributed by atoms with E-state index in [9.17, 15) is 18.3 Å². The molecule has 1 atom stereocenters. The van der Waals surface area contributed by atoms with Crippen LogP contribution in [0.15, 0.2) is 17.2 Å². The second-order valence-corrected chi connectivity index (χ2v) is 6.39. The molecule has 0 bridgehead atoms. The lowest BCUT2D eigenvalue weighted by molar-refractivity contribution is 0.0893. The molecule has 1 amide bonds. The van der Waals surface area contributed by atoms with Gasteiger partial charge in [0.1, 0.15) is 10.6 Å². The van der Waals surface area contributed by atoms with E-state index in [0.29, 0.717) is 0 Å². The molecule has 0 aliphatic heterocycles. The standard InChI is InChI=1S/C11H17N3O4S/c1-14-6-8(19(12,17)18)4-9(14)11(16)13-5-10(15)7-2-3-7/h4,6-7,10,15H,2-3,5H2,1H3,(H,13,16)(H2,12,17,18). The topological polar surface area (TPSA) is 114 Å². The zero-order valence-electron chi connectivity index (χ0n) is 10.5. The van der Waals surface area contributed by atoms with Gasteiger partial charge < -0.3 is 15.0 Å². The number of hydrogen-bond donors (Lipinski definition) is 3. The van der Waals surface area contributed by atoms with Crippen LogP contribution in [0.5, 0.6) is 0 Å². The molecule has 106 valence electrons. The van der Waals surface area contributed by atoms with Crippen LogP contribution in [0, 0.1) is 5.92 Å². The molecule has 0 spiro atoms. The molecule has 1 aromatic heterocycles. The van der Waals surface area contributed by atoms with Gasteiger partial charge in [-0.05, 0) is 24.8 Å². The van der Waals surface area contributed by atoms with Crippen molar-refractivity contribution < 1.29 is 18.3 Å². The Balaban J connectivity index is 2.04. The average molecular weight is 287 g/mol. The fourth-order valence-electron chi connectivity index (χ4n) is 1.85. The van der Waals surface area contributed by atoms with E-state index in [4.69, 9.17) is 5.14 Å². The summed E-state index contributed by atoms with van der Waals surface area (Å²) in [5, 5.41) is 17.2. The van der Waals surface area contributed by atoms with E-state index in [1.54, 1.807) is 7.05 Å². The highest BCUT2D eigenvalue weighted by molar-refractivity contribution is 7.89. The van der Waals surface area contributed by atoms with Crippen LogP contribution in [0.2, 0.25) is 0 Å². The van der Waals surface area contributed by atoms with Crippen molar-refractivity contribution in [3.05, 3.63) is 18.0 Å². The monoisotopic (exact) mass is 287 g/mol. The maximum Gasteiger partial charge on any atom is 0.268 e. The number of hydrogen-bond acceptors (Lipinski definition) is 4. The Morgan fingerprint density at radius 1 is 1.63 bits per heavy atom. The first-order valence-electron chi connectivity index (χ1n) is 5.94. The third kappa shape index (κ3) is 3.34. The fraction of sp³-hybridized carbons (Fsp3) is 0.545. The number of sulfonamides is 1. The minimum absolute atomic E-state index is 0.108. The molecular formula is C11H17N3O4S. The predicted molar refractivity (Wildman–Crippen MR) is 67.9 cm³/mol. The van der Waals surface area contributed by atoms with Gasteiger partial charge in [-0.1, -0.05) is 0 Å². The number of aromatic nitrogens is 1. The third-order valence-electron chi connectivity index (χ3n) is 3.18. The van der Waals surface area contributed by atoms with E-state index in [1.165, 1.54) is 16.8 Å². The van der Waals surface area contributed by atoms with E-state index < -0.39 is 22.0 Å². The fourth-order valence-corrected chi connectivity index (χ4v) is 2.43. The van der Waals surface area contributed by atoms with E-state index in [2.05, 4.69) is 5.32 Å². The number of aryl methyl sites for hydroxylation is 1. The molecule has 1 fully saturated rings. The molecule has 1 aliphatic rings. The molecule has 1 unspecified atom stereocenters. The maximum atomic E-state index is 11.9.